The van der Waals surface area contributed by atoms with Crippen LogP contribution in [0.2, 0.25) is 0 Å². The predicted molar refractivity (Wildman–Crippen MR) is 109 cm³/mol. The molecule has 2 aromatic rings. The average molecular weight is 399 g/mol. The van der Waals surface area contributed by atoms with Gasteiger partial charge in [-0.3, -0.25) is 4.79 Å². The first-order chi connectivity index (χ1) is 11.5. The topological polar surface area (TPSA) is 72.9 Å². The second kappa shape index (κ2) is 9.95. The molecule has 0 radical (unpaired) electrons. The number of imidazole rings is 1. The number of rotatable bonds is 5. The van der Waals surface area contributed by atoms with Crippen LogP contribution in [0.4, 0.5) is 0 Å². The van der Waals surface area contributed by atoms with Crippen LogP contribution < -0.4 is 11.1 Å². The van der Waals surface area contributed by atoms with Gasteiger partial charge in [0, 0.05) is 31.0 Å². The number of carbonyl (C=O) groups is 1. The minimum Gasteiger partial charge on any atom is -0.352 e. The second-order valence-corrected chi connectivity index (χ2v) is 7.08. The lowest BCUT2D eigenvalue weighted by Gasteiger charge is -2.37. The van der Waals surface area contributed by atoms with Gasteiger partial charge in [0.2, 0.25) is 5.91 Å². The largest absolute Gasteiger partial charge is 0.352 e. The fourth-order valence-corrected chi connectivity index (χ4v) is 3.53. The Labute approximate surface area is 167 Å². The van der Waals surface area contributed by atoms with Crippen LogP contribution in [0.5, 0.6) is 0 Å². The zero-order valence-corrected chi connectivity index (χ0v) is 16.7. The highest BCUT2D eigenvalue weighted by Gasteiger charge is 2.37. The van der Waals surface area contributed by atoms with Crippen molar-refractivity contribution in [1.82, 2.24) is 14.9 Å². The van der Waals surface area contributed by atoms with E-state index in [1.54, 1.807) is 12.5 Å². The van der Waals surface area contributed by atoms with Crippen LogP contribution in [0.1, 0.15) is 43.7 Å². The van der Waals surface area contributed by atoms with Crippen LogP contribution in [-0.2, 0) is 17.9 Å². The molecule has 144 valence electrons. The summed E-state index contributed by atoms with van der Waals surface area (Å²) in [6.07, 6.45) is 9.54. The Morgan fingerprint density at radius 3 is 2.81 bits per heavy atom. The van der Waals surface area contributed by atoms with Gasteiger partial charge in [-0.05, 0) is 30.9 Å². The Bertz CT molecular complexity index is 689. The number of hydrogen-bond acceptors (Lipinski definition) is 3. The number of benzene rings is 1. The molecule has 1 aliphatic carbocycles. The molecule has 1 amide bonds. The SMILES string of the molecule is CC1(N)CCCCC1C(=O)NCc1cccc(Cn2ccnc2)c1.Cl.Cl. The fraction of sp³-hybridized carbons (Fsp3) is 0.474. The van der Waals surface area contributed by atoms with Crippen molar-refractivity contribution in [2.45, 2.75) is 51.2 Å². The van der Waals surface area contributed by atoms with Crippen molar-refractivity contribution in [2.24, 2.45) is 11.7 Å². The van der Waals surface area contributed by atoms with Gasteiger partial charge in [0.05, 0.1) is 12.2 Å². The molecular weight excluding hydrogens is 371 g/mol. The summed E-state index contributed by atoms with van der Waals surface area (Å²) >= 11 is 0. The maximum Gasteiger partial charge on any atom is 0.225 e. The molecule has 0 aliphatic heterocycles. The first-order valence-corrected chi connectivity index (χ1v) is 8.65. The minimum atomic E-state index is -0.383. The van der Waals surface area contributed by atoms with Crippen LogP contribution in [0.15, 0.2) is 43.0 Å². The van der Waals surface area contributed by atoms with Crippen molar-refractivity contribution >= 4 is 30.7 Å². The van der Waals surface area contributed by atoms with Gasteiger partial charge in [0.1, 0.15) is 0 Å². The molecule has 26 heavy (non-hydrogen) atoms. The molecule has 1 saturated carbocycles. The molecule has 0 bridgehead atoms. The highest BCUT2D eigenvalue weighted by molar-refractivity contribution is 5.85. The Kier molecular flexibility index (Phi) is 8.60. The first-order valence-electron chi connectivity index (χ1n) is 8.65. The average Bonchev–Trinajstić information content (AvgIpc) is 3.05. The normalized spacial score (nSPS) is 22.0. The molecule has 1 fully saturated rings. The lowest BCUT2D eigenvalue weighted by molar-refractivity contribution is -0.128. The molecule has 1 aromatic heterocycles. The zero-order valence-electron chi connectivity index (χ0n) is 15.1. The molecule has 0 saturated heterocycles. The molecule has 1 aliphatic rings. The van der Waals surface area contributed by atoms with Crippen LogP contribution in [0.3, 0.4) is 0 Å². The molecule has 2 unspecified atom stereocenters. The van der Waals surface area contributed by atoms with Crippen molar-refractivity contribution in [3.05, 3.63) is 54.1 Å². The van der Waals surface area contributed by atoms with Gasteiger partial charge in [0.25, 0.3) is 0 Å². The van der Waals surface area contributed by atoms with Gasteiger partial charge in [0.15, 0.2) is 0 Å². The first kappa shape index (κ1) is 22.5. The van der Waals surface area contributed by atoms with Crippen molar-refractivity contribution in [2.75, 3.05) is 0 Å². The third-order valence-electron chi connectivity index (χ3n) is 4.95. The number of aromatic nitrogens is 2. The fourth-order valence-electron chi connectivity index (χ4n) is 3.53. The van der Waals surface area contributed by atoms with Gasteiger partial charge in [-0.25, -0.2) is 4.98 Å². The maximum absolute atomic E-state index is 12.5. The third-order valence-corrected chi connectivity index (χ3v) is 4.95. The lowest BCUT2D eigenvalue weighted by Crippen LogP contribution is -2.52. The van der Waals surface area contributed by atoms with E-state index < -0.39 is 0 Å². The van der Waals surface area contributed by atoms with Crippen LogP contribution in [-0.4, -0.2) is 21.0 Å². The predicted octanol–water partition coefficient (Wildman–Crippen LogP) is 3.30. The summed E-state index contributed by atoms with van der Waals surface area (Å²) in [6, 6.07) is 8.29. The summed E-state index contributed by atoms with van der Waals surface area (Å²) in [5.74, 6) is 0.0000870. The number of nitrogens with two attached hydrogens (primary N) is 1. The standard InChI is InChI=1S/C19H26N4O.2ClH/c1-19(20)8-3-2-7-17(19)18(24)22-12-15-5-4-6-16(11-15)13-23-10-9-21-14-23;;/h4-6,9-11,14,17H,2-3,7-8,12-13,20H2,1H3,(H,22,24);2*1H. The number of carbonyl (C=O) groups excluding carboxylic acids is 1. The molecule has 2 atom stereocenters. The molecule has 3 rings (SSSR count). The number of hydrogen-bond donors (Lipinski definition) is 2. The quantitative estimate of drug-likeness (QED) is 0.810. The van der Waals surface area contributed by atoms with Gasteiger partial charge in [-0.2, -0.15) is 0 Å². The molecule has 3 N–H and O–H groups in total. The van der Waals surface area contributed by atoms with E-state index in [9.17, 15) is 4.79 Å². The van der Waals surface area contributed by atoms with Crippen molar-refractivity contribution in [3.63, 3.8) is 0 Å². The summed E-state index contributed by atoms with van der Waals surface area (Å²) in [5.41, 5.74) is 8.24. The zero-order chi connectivity index (χ0) is 17.0. The van der Waals surface area contributed by atoms with Gasteiger partial charge in [-0.1, -0.05) is 37.1 Å². The molecule has 1 heterocycles. The van der Waals surface area contributed by atoms with Crippen molar-refractivity contribution < 1.29 is 4.79 Å². The van der Waals surface area contributed by atoms with Crippen molar-refractivity contribution in [1.29, 1.82) is 0 Å². The second-order valence-electron chi connectivity index (χ2n) is 7.08. The Hall–Kier alpha value is -1.56. The van der Waals surface area contributed by atoms with E-state index in [-0.39, 0.29) is 42.2 Å². The third kappa shape index (κ3) is 5.73. The number of amides is 1. The van der Waals surface area contributed by atoms with E-state index in [0.717, 1.165) is 37.8 Å². The van der Waals surface area contributed by atoms with Gasteiger partial charge < -0.3 is 15.6 Å². The van der Waals surface area contributed by atoms with Gasteiger partial charge >= 0.3 is 0 Å². The number of nitrogens with one attached hydrogen (secondary N) is 1. The number of nitrogens with zero attached hydrogens (tertiary/aromatic N) is 2. The van der Waals surface area contributed by atoms with E-state index in [4.69, 9.17) is 5.73 Å². The molecular formula is C19H28Cl2N4O. The van der Waals surface area contributed by atoms with Crippen LogP contribution in [0, 0.1) is 5.92 Å². The number of halogens is 2. The highest BCUT2D eigenvalue weighted by atomic mass is 35.5. The van der Waals surface area contributed by atoms with Crippen LogP contribution >= 0.6 is 24.8 Å². The van der Waals surface area contributed by atoms with E-state index in [2.05, 4.69) is 22.4 Å². The Morgan fingerprint density at radius 1 is 1.35 bits per heavy atom. The van der Waals surface area contributed by atoms with Crippen molar-refractivity contribution in [3.8, 4) is 0 Å². The van der Waals surface area contributed by atoms with E-state index in [1.807, 2.05) is 29.8 Å². The molecule has 1 aromatic carbocycles. The summed E-state index contributed by atoms with van der Waals surface area (Å²) in [7, 11) is 0. The monoisotopic (exact) mass is 398 g/mol. The Morgan fingerprint density at radius 2 is 2.12 bits per heavy atom. The van der Waals surface area contributed by atoms with Gasteiger partial charge in [-0.15, -0.1) is 24.8 Å². The summed E-state index contributed by atoms with van der Waals surface area (Å²) in [4.78, 5) is 16.6. The molecule has 0 spiro atoms. The summed E-state index contributed by atoms with van der Waals surface area (Å²) in [6.45, 7) is 3.33. The molecule has 5 nitrogen and oxygen atoms in total. The Balaban J connectivity index is 0.00000169. The highest BCUT2D eigenvalue weighted by Crippen LogP contribution is 2.31. The molecule has 7 heteroatoms. The smallest absolute Gasteiger partial charge is 0.225 e. The van der Waals surface area contributed by atoms with E-state index >= 15 is 0 Å². The van der Waals surface area contributed by atoms with E-state index in [0.29, 0.717) is 6.54 Å². The minimum absolute atomic E-state index is 0. The van der Waals surface area contributed by atoms with E-state index in [1.165, 1.54) is 5.56 Å². The lowest BCUT2D eigenvalue weighted by atomic mass is 9.74. The van der Waals surface area contributed by atoms with Crippen LogP contribution in [0.25, 0.3) is 0 Å². The summed E-state index contributed by atoms with van der Waals surface area (Å²) < 4.78 is 2.03. The maximum atomic E-state index is 12.5. The summed E-state index contributed by atoms with van der Waals surface area (Å²) in [5, 5.41) is 3.07.